The molecule has 3 N–H and O–H groups in total. The highest BCUT2D eigenvalue weighted by molar-refractivity contribution is 5.81. The van der Waals surface area contributed by atoms with Crippen LogP contribution in [0.3, 0.4) is 0 Å². The van der Waals surface area contributed by atoms with E-state index in [4.69, 9.17) is 5.73 Å². The van der Waals surface area contributed by atoms with Gasteiger partial charge >= 0.3 is 0 Å². The van der Waals surface area contributed by atoms with Crippen LogP contribution in [0.1, 0.15) is 46.5 Å². The van der Waals surface area contributed by atoms with Gasteiger partial charge in [0.25, 0.3) is 0 Å². The molecule has 1 saturated carbocycles. The molecule has 0 radical (unpaired) electrons. The summed E-state index contributed by atoms with van der Waals surface area (Å²) in [6.07, 6.45) is 4.61. The monoisotopic (exact) mass is 212 g/mol. The van der Waals surface area contributed by atoms with Crippen LogP contribution in [0.15, 0.2) is 0 Å². The van der Waals surface area contributed by atoms with E-state index in [2.05, 4.69) is 5.32 Å². The summed E-state index contributed by atoms with van der Waals surface area (Å²) in [5.41, 5.74) is 5.62. The van der Waals surface area contributed by atoms with Crippen molar-refractivity contribution >= 4 is 5.91 Å². The molecule has 3 heteroatoms. The average Bonchev–Trinajstić information content (AvgIpc) is 2.12. The summed E-state index contributed by atoms with van der Waals surface area (Å²) in [5, 5.41) is 3.02. The molecule has 3 nitrogen and oxygen atoms in total. The number of rotatable bonds is 2. The summed E-state index contributed by atoms with van der Waals surface area (Å²) in [6.45, 7) is 6.61. The average molecular weight is 212 g/mol. The molecule has 0 heterocycles. The Morgan fingerprint density at radius 2 is 2.07 bits per heavy atom. The molecule has 0 spiro atoms. The highest BCUT2D eigenvalue weighted by Gasteiger charge is 2.24. The molecular weight excluding hydrogens is 188 g/mol. The number of carbonyl (C=O) groups excluding carboxylic acids is 1. The minimum Gasteiger partial charge on any atom is -0.355 e. The molecule has 0 aromatic carbocycles. The molecule has 1 fully saturated rings. The Bertz CT molecular complexity index is 220. The number of nitrogens with one attached hydrogen (secondary N) is 1. The van der Waals surface area contributed by atoms with Crippen LogP contribution in [0.4, 0.5) is 0 Å². The first-order valence-corrected chi connectivity index (χ1v) is 5.93. The van der Waals surface area contributed by atoms with E-state index in [1.807, 2.05) is 20.8 Å². The number of hydrogen-bond acceptors (Lipinski definition) is 2. The third-order valence-corrected chi connectivity index (χ3v) is 3.06. The summed E-state index contributed by atoms with van der Waals surface area (Å²) in [6, 6.07) is 0.343. The third-order valence-electron chi connectivity index (χ3n) is 3.06. The second-order valence-corrected chi connectivity index (χ2v) is 5.75. The van der Waals surface area contributed by atoms with Crippen molar-refractivity contribution in [1.82, 2.24) is 5.32 Å². The standard InChI is InChI=1S/C12H24N2O/c1-12(2,3)11(15)14-8-9-5-4-6-10(13)7-9/h9-10H,4-8,13H2,1-3H3,(H,14,15). The van der Waals surface area contributed by atoms with Gasteiger partial charge in [0.15, 0.2) is 0 Å². The van der Waals surface area contributed by atoms with Crippen LogP contribution in [-0.2, 0) is 4.79 Å². The molecule has 0 bridgehead atoms. The molecule has 2 unspecified atom stereocenters. The predicted molar refractivity (Wildman–Crippen MR) is 62.4 cm³/mol. The van der Waals surface area contributed by atoms with E-state index in [9.17, 15) is 4.79 Å². The minimum atomic E-state index is -0.281. The Hall–Kier alpha value is -0.570. The smallest absolute Gasteiger partial charge is 0.225 e. The zero-order valence-electron chi connectivity index (χ0n) is 10.2. The summed E-state index contributed by atoms with van der Waals surface area (Å²) < 4.78 is 0. The summed E-state index contributed by atoms with van der Waals surface area (Å²) in [7, 11) is 0. The molecule has 1 rings (SSSR count). The Labute approximate surface area is 92.8 Å². The van der Waals surface area contributed by atoms with Crippen LogP contribution < -0.4 is 11.1 Å². The van der Waals surface area contributed by atoms with Gasteiger partial charge in [-0.1, -0.05) is 27.2 Å². The second kappa shape index (κ2) is 4.97. The van der Waals surface area contributed by atoms with Gasteiger partial charge in [0, 0.05) is 18.0 Å². The first-order valence-electron chi connectivity index (χ1n) is 5.93. The largest absolute Gasteiger partial charge is 0.355 e. The fourth-order valence-electron chi connectivity index (χ4n) is 2.02. The van der Waals surface area contributed by atoms with Crippen LogP contribution in [-0.4, -0.2) is 18.5 Å². The van der Waals surface area contributed by atoms with Crippen molar-refractivity contribution in [3.63, 3.8) is 0 Å². The van der Waals surface area contributed by atoms with Gasteiger partial charge in [0.05, 0.1) is 0 Å². The van der Waals surface area contributed by atoms with E-state index in [1.54, 1.807) is 0 Å². The zero-order valence-corrected chi connectivity index (χ0v) is 10.2. The van der Waals surface area contributed by atoms with Crippen LogP contribution in [0.2, 0.25) is 0 Å². The van der Waals surface area contributed by atoms with Crippen molar-refractivity contribution in [2.24, 2.45) is 17.1 Å². The molecular formula is C12H24N2O. The molecule has 2 atom stereocenters. The molecule has 88 valence electrons. The topological polar surface area (TPSA) is 55.1 Å². The van der Waals surface area contributed by atoms with Gasteiger partial charge in [-0.2, -0.15) is 0 Å². The van der Waals surface area contributed by atoms with Gasteiger partial charge in [-0.3, -0.25) is 4.79 Å². The summed E-state index contributed by atoms with van der Waals surface area (Å²) in [4.78, 5) is 11.6. The fourth-order valence-corrected chi connectivity index (χ4v) is 2.02. The van der Waals surface area contributed by atoms with Crippen molar-refractivity contribution in [2.75, 3.05) is 6.54 Å². The maximum atomic E-state index is 11.6. The first kappa shape index (κ1) is 12.5. The molecule has 0 aromatic rings. The molecule has 0 saturated heterocycles. The van der Waals surface area contributed by atoms with Crippen LogP contribution in [0, 0.1) is 11.3 Å². The van der Waals surface area contributed by atoms with Gasteiger partial charge in [0.1, 0.15) is 0 Å². The van der Waals surface area contributed by atoms with Crippen LogP contribution >= 0.6 is 0 Å². The predicted octanol–water partition coefficient (Wildman–Crippen LogP) is 1.67. The SMILES string of the molecule is CC(C)(C)C(=O)NCC1CCCC(N)C1. The highest BCUT2D eigenvalue weighted by atomic mass is 16.2. The first-order chi connectivity index (χ1) is 6.89. The highest BCUT2D eigenvalue weighted by Crippen LogP contribution is 2.22. The van der Waals surface area contributed by atoms with E-state index in [0.29, 0.717) is 12.0 Å². The van der Waals surface area contributed by atoms with Gasteiger partial charge in [-0.25, -0.2) is 0 Å². The van der Waals surface area contributed by atoms with Crippen LogP contribution in [0.25, 0.3) is 0 Å². The Morgan fingerprint density at radius 1 is 1.40 bits per heavy atom. The van der Waals surface area contributed by atoms with Crippen molar-refractivity contribution in [1.29, 1.82) is 0 Å². The van der Waals surface area contributed by atoms with Gasteiger partial charge in [-0.05, 0) is 25.2 Å². The van der Waals surface area contributed by atoms with E-state index in [0.717, 1.165) is 19.4 Å². The quantitative estimate of drug-likeness (QED) is 0.731. The molecule has 1 aliphatic carbocycles. The molecule has 1 amide bonds. The summed E-state index contributed by atoms with van der Waals surface area (Å²) in [5.74, 6) is 0.724. The van der Waals surface area contributed by atoms with E-state index in [1.165, 1.54) is 12.8 Å². The molecule has 0 aliphatic heterocycles. The van der Waals surface area contributed by atoms with Gasteiger partial charge in [-0.15, -0.1) is 0 Å². The number of amides is 1. The second-order valence-electron chi connectivity index (χ2n) is 5.75. The number of carbonyl (C=O) groups is 1. The van der Waals surface area contributed by atoms with Gasteiger partial charge in [0.2, 0.25) is 5.91 Å². The lowest BCUT2D eigenvalue weighted by Crippen LogP contribution is -2.40. The van der Waals surface area contributed by atoms with Crippen molar-refractivity contribution in [3.8, 4) is 0 Å². The van der Waals surface area contributed by atoms with E-state index in [-0.39, 0.29) is 11.3 Å². The number of hydrogen-bond donors (Lipinski definition) is 2. The van der Waals surface area contributed by atoms with Crippen molar-refractivity contribution in [3.05, 3.63) is 0 Å². The lowest BCUT2D eigenvalue weighted by atomic mass is 9.86. The van der Waals surface area contributed by atoms with E-state index < -0.39 is 0 Å². The maximum absolute atomic E-state index is 11.6. The minimum absolute atomic E-state index is 0.140. The zero-order chi connectivity index (χ0) is 11.5. The van der Waals surface area contributed by atoms with E-state index >= 15 is 0 Å². The lowest BCUT2D eigenvalue weighted by molar-refractivity contribution is -0.128. The van der Waals surface area contributed by atoms with Gasteiger partial charge < -0.3 is 11.1 Å². The molecule has 0 aromatic heterocycles. The lowest BCUT2D eigenvalue weighted by Gasteiger charge is -2.28. The third kappa shape index (κ3) is 4.20. The Morgan fingerprint density at radius 3 is 2.60 bits per heavy atom. The normalized spacial score (nSPS) is 27.5. The number of nitrogens with two attached hydrogens (primary N) is 1. The fraction of sp³-hybridized carbons (Fsp3) is 0.917. The van der Waals surface area contributed by atoms with Crippen LogP contribution in [0.5, 0.6) is 0 Å². The van der Waals surface area contributed by atoms with Crippen molar-refractivity contribution in [2.45, 2.75) is 52.5 Å². The maximum Gasteiger partial charge on any atom is 0.225 e. The molecule has 15 heavy (non-hydrogen) atoms. The van der Waals surface area contributed by atoms with Crippen molar-refractivity contribution < 1.29 is 4.79 Å². The Kier molecular flexibility index (Phi) is 4.14. The molecule has 1 aliphatic rings. The summed E-state index contributed by atoms with van der Waals surface area (Å²) >= 11 is 0. The Balaban J connectivity index is 2.28.